The fourth-order valence-electron chi connectivity index (χ4n) is 2.27. The molecule has 0 bridgehead atoms. The van der Waals surface area contributed by atoms with E-state index in [1.54, 1.807) is 12.1 Å². The van der Waals surface area contributed by atoms with Crippen LogP contribution in [-0.4, -0.2) is 4.98 Å². The molecule has 0 atom stereocenters. The van der Waals surface area contributed by atoms with Crippen molar-refractivity contribution in [2.45, 2.75) is 6.54 Å². The van der Waals surface area contributed by atoms with Crippen LogP contribution in [0.1, 0.15) is 5.56 Å². The normalized spacial score (nSPS) is 10.9. The van der Waals surface area contributed by atoms with Gasteiger partial charge in [0.2, 0.25) is 0 Å². The van der Waals surface area contributed by atoms with Crippen LogP contribution in [0.3, 0.4) is 0 Å². The molecular weight excluding hydrogens is 371 g/mol. The molecule has 0 unspecified atom stereocenters. The molecule has 0 saturated carbocycles. The predicted octanol–water partition coefficient (Wildman–Crippen LogP) is 4.70. The number of rotatable bonds is 3. The van der Waals surface area contributed by atoms with Gasteiger partial charge in [-0.15, -0.1) is 0 Å². The molecule has 1 aromatic heterocycles. The first-order valence-electron chi connectivity index (χ1n) is 6.53. The molecule has 3 aromatic rings. The largest absolute Gasteiger partial charge is 0.380 e. The minimum atomic E-state index is -0.479. The number of aromatic nitrogens is 1. The van der Waals surface area contributed by atoms with E-state index in [4.69, 9.17) is 11.6 Å². The van der Waals surface area contributed by atoms with E-state index in [0.717, 1.165) is 5.56 Å². The quantitative estimate of drug-likeness (QED) is 0.691. The second-order valence-corrected chi connectivity index (χ2v) is 6.19. The van der Waals surface area contributed by atoms with Gasteiger partial charge in [-0.1, -0.05) is 39.7 Å². The van der Waals surface area contributed by atoms with Gasteiger partial charge in [-0.3, -0.25) is 4.79 Å². The van der Waals surface area contributed by atoms with Crippen LogP contribution in [0, 0.1) is 5.82 Å². The average molecular weight is 382 g/mol. The molecule has 1 heterocycles. The third-order valence-corrected chi connectivity index (χ3v) is 3.93. The van der Waals surface area contributed by atoms with E-state index < -0.39 is 5.82 Å². The molecule has 6 heteroatoms. The van der Waals surface area contributed by atoms with Crippen molar-refractivity contribution >= 4 is 44.1 Å². The number of nitrogens with one attached hydrogen (secondary N) is 2. The number of halogens is 3. The highest BCUT2D eigenvalue weighted by atomic mass is 79.9. The lowest BCUT2D eigenvalue weighted by Gasteiger charge is -2.11. The van der Waals surface area contributed by atoms with Gasteiger partial charge in [0.05, 0.1) is 5.52 Å². The maximum atomic E-state index is 14.0. The summed E-state index contributed by atoms with van der Waals surface area (Å²) < 4.78 is 14.6. The molecule has 2 aromatic carbocycles. The standard InChI is InChI=1S/C16H11BrClFN2O/c17-10-5-12-14(7-15(22)21-16(12)13(19)6-10)20-8-9-2-1-3-11(18)4-9/h1-7H,8H2,(H2,20,21,22). The molecule has 3 nitrogen and oxygen atoms in total. The molecular formula is C16H11BrClFN2O. The number of hydrogen-bond acceptors (Lipinski definition) is 2. The third kappa shape index (κ3) is 3.15. The fourth-order valence-corrected chi connectivity index (χ4v) is 2.91. The minimum Gasteiger partial charge on any atom is -0.380 e. The molecule has 0 fully saturated rings. The number of fused-ring (bicyclic) bond motifs is 1. The highest BCUT2D eigenvalue weighted by Gasteiger charge is 2.09. The van der Waals surface area contributed by atoms with Crippen LogP contribution < -0.4 is 10.9 Å². The van der Waals surface area contributed by atoms with E-state index in [1.165, 1.54) is 12.1 Å². The Morgan fingerprint density at radius 3 is 2.82 bits per heavy atom. The lowest BCUT2D eigenvalue weighted by molar-refractivity contribution is 0.635. The van der Waals surface area contributed by atoms with Gasteiger partial charge in [0.1, 0.15) is 5.82 Å². The van der Waals surface area contributed by atoms with Crippen LogP contribution in [0.2, 0.25) is 5.02 Å². The maximum absolute atomic E-state index is 14.0. The molecule has 2 N–H and O–H groups in total. The van der Waals surface area contributed by atoms with E-state index in [-0.39, 0.29) is 11.1 Å². The average Bonchev–Trinajstić information content (AvgIpc) is 2.46. The summed E-state index contributed by atoms with van der Waals surface area (Å²) in [6.45, 7) is 0.479. The molecule has 0 aliphatic carbocycles. The summed E-state index contributed by atoms with van der Waals surface area (Å²) in [5.41, 5.74) is 1.36. The molecule has 0 amide bonds. The Hall–Kier alpha value is -1.85. The van der Waals surface area contributed by atoms with Crippen molar-refractivity contribution in [2.75, 3.05) is 5.32 Å². The monoisotopic (exact) mass is 380 g/mol. The Morgan fingerprint density at radius 1 is 1.23 bits per heavy atom. The van der Waals surface area contributed by atoms with Crippen molar-refractivity contribution in [3.8, 4) is 0 Å². The molecule has 0 radical (unpaired) electrons. The van der Waals surface area contributed by atoms with Gasteiger partial charge in [0.25, 0.3) is 5.56 Å². The second kappa shape index (κ2) is 6.10. The maximum Gasteiger partial charge on any atom is 0.250 e. The van der Waals surface area contributed by atoms with E-state index in [2.05, 4.69) is 26.2 Å². The highest BCUT2D eigenvalue weighted by Crippen LogP contribution is 2.27. The Labute approximate surface area is 139 Å². The number of H-pyrrole nitrogens is 1. The van der Waals surface area contributed by atoms with E-state index in [0.29, 0.717) is 27.1 Å². The van der Waals surface area contributed by atoms with Gasteiger partial charge in [-0.2, -0.15) is 0 Å². The van der Waals surface area contributed by atoms with Crippen LogP contribution in [-0.2, 0) is 6.54 Å². The summed E-state index contributed by atoms with van der Waals surface area (Å²) in [6, 6.07) is 11.9. The van der Waals surface area contributed by atoms with Crippen LogP contribution in [0.25, 0.3) is 10.9 Å². The summed E-state index contributed by atoms with van der Waals surface area (Å²) in [5, 5.41) is 4.41. The number of pyridine rings is 1. The number of anilines is 1. The smallest absolute Gasteiger partial charge is 0.250 e. The van der Waals surface area contributed by atoms with Crippen molar-refractivity contribution in [2.24, 2.45) is 0 Å². The summed E-state index contributed by atoms with van der Waals surface area (Å²) in [7, 11) is 0. The predicted molar refractivity (Wildman–Crippen MR) is 91.0 cm³/mol. The zero-order valence-corrected chi connectivity index (χ0v) is 13.6. The topological polar surface area (TPSA) is 44.9 Å². The molecule has 0 aliphatic heterocycles. The van der Waals surface area contributed by atoms with Gasteiger partial charge in [0.15, 0.2) is 0 Å². The Bertz CT molecular complexity index is 910. The van der Waals surface area contributed by atoms with Crippen molar-refractivity contribution in [1.29, 1.82) is 0 Å². The number of aromatic amines is 1. The minimum absolute atomic E-state index is 0.185. The van der Waals surface area contributed by atoms with E-state index in [9.17, 15) is 9.18 Å². The summed E-state index contributed by atoms with van der Waals surface area (Å²) in [4.78, 5) is 14.2. The Morgan fingerprint density at radius 2 is 2.05 bits per heavy atom. The van der Waals surface area contributed by atoms with E-state index in [1.807, 2.05) is 18.2 Å². The van der Waals surface area contributed by atoms with Crippen molar-refractivity contribution in [3.63, 3.8) is 0 Å². The van der Waals surface area contributed by atoms with Crippen LogP contribution in [0.4, 0.5) is 10.1 Å². The molecule has 0 spiro atoms. The zero-order valence-electron chi connectivity index (χ0n) is 11.3. The molecule has 3 rings (SSSR count). The Kier molecular flexibility index (Phi) is 4.18. The van der Waals surface area contributed by atoms with Crippen molar-refractivity contribution < 1.29 is 4.39 Å². The van der Waals surface area contributed by atoms with Gasteiger partial charge >= 0.3 is 0 Å². The fraction of sp³-hybridized carbons (Fsp3) is 0.0625. The number of benzene rings is 2. The molecule has 22 heavy (non-hydrogen) atoms. The van der Waals surface area contributed by atoms with Crippen molar-refractivity contribution in [3.05, 3.63) is 73.7 Å². The van der Waals surface area contributed by atoms with Crippen LogP contribution in [0.5, 0.6) is 0 Å². The van der Waals surface area contributed by atoms with E-state index >= 15 is 0 Å². The lowest BCUT2D eigenvalue weighted by atomic mass is 10.1. The van der Waals surface area contributed by atoms with Crippen LogP contribution >= 0.6 is 27.5 Å². The van der Waals surface area contributed by atoms with Gasteiger partial charge in [0, 0.05) is 33.2 Å². The second-order valence-electron chi connectivity index (χ2n) is 4.84. The first-order chi connectivity index (χ1) is 10.5. The van der Waals surface area contributed by atoms with Gasteiger partial charge < -0.3 is 10.3 Å². The molecule has 112 valence electrons. The number of hydrogen-bond donors (Lipinski definition) is 2. The summed E-state index contributed by atoms with van der Waals surface area (Å²) in [6.07, 6.45) is 0. The summed E-state index contributed by atoms with van der Waals surface area (Å²) in [5.74, 6) is -0.479. The van der Waals surface area contributed by atoms with Crippen molar-refractivity contribution in [1.82, 2.24) is 4.98 Å². The highest BCUT2D eigenvalue weighted by molar-refractivity contribution is 9.10. The third-order valence-electron chi connectivity index (χ3n) is 3.24. The van der Waals surface area contributed by atoms with Crippen LogP contribution in [0.15, 0.2) is 51.7 Å². The SMILES string of the molecule is O=c1cc(NCc2cccc(Cl)c2)c2cc(Br)cc(F)c2[nH]1. The van der Waals surface area contributed by atoms with Gasteiger partial charge in [-0.05, 0) is 29.8 Å². The first kappa shape index (κ1) is 15.1. The zero-order chi connectivity index (χ0) is 15.7. The molecule has 0 aliphatic rings. The first-order valence-corrected chi connectivity index (χ1v) is 7.70. The lowest BCUT2D eigenvalue weighted by Crippen LogP contribution is -2.09. The molecule has 0 saturated heterocycles. The summed E-state index contributed by atoms with van der Waals surface area (Å²) >= 11 is 9.21. The Balaban J connectivity index is 2.01. The van der Waals surface area contributed by atoms with Gasteiger partial charge in [-0.25, -0.2) is 4.39 Å².